The molecular weight excluding hydrogens is 582 g/mol. The van der Waals surface area contributed by atoms with E-state index in [0.717, 1.165) is 18.6 Å². The average Bonchev–Trinajstić information content (AvgIpc) is 2.98. The van der Waals surface area contributed by atoms with Crippen molar-refractivity contribution in [3.63, 3.8) is 0 Å². The molecule has 0 aromatic carbocycles. The molecule has 15 N–H and O–H groups in total. The molecule has 0 aromatic heterocycles. The lowest BCUT2D eigenvalue weighted by molar-refractivity contribution is -0.314. The molecule has 0 radical (unpaired) electrons. The fraction of sp³-hybridized carbons (Fsp3) is 1.00. The summed E-state index contributed by atoms with van der Waals surface area (Å²) in [5.74, 6) is 1.37. The van der Waals surface area contributed by atoms with Crippen LogP contribution in [0.3, 0.4) is 0 Å². The van der Waals surface area contributed by atoms with Gasteiger partial charge in [0.2, 0.25) is 0 Å². The maximum absolute atomic E-state index is 11.3. The number of hydrogen-bond acceptors (Lipinski definition) is 15. The zero-order valence-electron chi connectivity index (χ0n) is 25.3. The summed E-state index contributed by atoms with van der Waals surface area (Å²) in [6.45, 7) is 2.12. The van der Waals surface area contributed by atoms with Gasteiger partial charge in [-0.05, 0) is 18.6 Å². The molecule has 0 aromatic rings. The van der Waals surface area contributed by atoms with Crippen molar-refractivity contribution in [1.82, 2.24) is 0 Å². The Bertz CT molecular complexity index is 795. The number of hydrogen-bond donors (Lipinski definition) is 10. The highest BCUT2D eigenvalue weighted by molar-refractivity contribution is 7.99. The molecule has 1 saturated carbocycles. The van der Waals surface area contributed by atoms with Crippen molar-refractivity contribution in [3.05, 3.63) is 0 Å². The standard InChI is InChI=1S/C28H57N5O9S/c1-2-3-4-5-6-7-8-9-10-43-13-17-20(34)18(32)23(37)28(40-17)42-26-15(31)11-14(30)25(24(26)38)41-27-19(33)22(36)21(35)16(12-29)39-27/h14-28,34-38H,2-13,29-33H2,1H3/t14-,15+,16-,17-,18+,19-,20-,21-,22-,23-,24-,25+,26-,27-,28-/m0/s1. The van der Waals surface area contributed by atoms with Crippen molar-refractivity contribution >= 4 is 11.8 Å². The number of ether oxygens (including phenoxy) is 4. The first-order valence-electron chi connectivity index (χ1n) is 15.8. The Morgan fingerprint density at radius 1 is 0.651 bits per heavy atom. The zero-order chi connectivity index (χ0) is 31.7. The van der Waals surface area contributed by atoms with Crippen LogP contribution < -0.4 is 28.7 Å². The van der Waals surface area contributed by atoms with Crippen LogP contribution in [0.5, 0.6) is 0 Å². The van der Waals surface area contributed by atoms with E-state index in [-0.39, 0.29) is 13.0 Å². The fourth-order valence-electron chi connectivity index (χ4n) is 5.97. The first-order chi connectivity index (χ1) is 20.5. The summed E-state index contributed by atoms with van der Waals surface area (Å²) in [6, 6.07) is -3.67. The molecular formula is C28H57N5O9S. The topological polar surface area (TPSA) is 268 Å². The van der Waals surface area contributed by atoms with Crippen LogP contribution in [0.15, 0.2) is 0 Å². The number of unbranched alkanes of at least 4 members (excludes halogenated alkanes) is 7. The molecule has 14 nitrogen and oxygen atoms in total. The van der Waals surface area contributed by atoms with Gasteiger partial charge >= 0.3 is 0 Å². The monoisotopic (exact) mass is 639 g/mol. The maximum atomic E-state index is 11.3. The Balaban J connectivity index is 1.54. The molecule has 2 aliphatic heterocycles. The van der Waals surface area contributed by atoms with Crippen molar-refractivity contribution in [1.29, 1.82) is 0 Å². The Labute approximate surface area is 259 Å². The first kappa shape index (κ1) is 37.2. The molecule has 15 atom stereocenters. The molecule has 1 aliphatic carbocycles. The highest BCUT2D eigenvalue weighted by Crippen LogP contribution is 2.31. The summed E-state index contributed by atoms with van der Waals surface area (Å²) in [4.78, 5) is 0. The normalized spacial score (nSPS) is 44.0. The minimum absolute atomic E-state index is 0.0950. The highest BCUT2D eigenvalue weighted by atomic mass is 32.2. The summed E-state index contributed by atoms with van der Waals surface area (Å²) in [7, 11) is 0. The van der Waals surface area contributed by atoms with Crippen molar-refractivity contribution in [2.24, 2.45) is 28.7 Å². The SMILES string of the molecule is CCCCCCCCCCSC[C@@H]1O[C@@H](O[C@@H]2[C@@H](O)[C@H](O[C@@H]3O[C@@H](CN)[C@H](O)[C@@H](O)[C@@H]3N)[C@@H](N)C[C@H]2N)[C@@H](O)[C@H](N)[C@H]1O. The molecule has 2 heterocycles. The van der Waals surface area contributed by atoms with Gasteiger partial charge in [0.05, 0.1) is 24.3 Å². The molecule has 15 heteroatoms. The summed E-state index contributed by atoms with van der Waals surface area (Å²) < 4.78 is 23.6. The molecule has 2 saturated heterocycles. The van der Waals surface area contributed by atoms with E-state index >= 15 is 0 Å². The van der Waals surface area contributed by atoms with Gasteiger partial charge in [0.1, 0.15) is 42.7 Å². The zero-order valence-corrected chi connectivity index (χ0v) is 26.1. The lowest BCUT2D eigenvalue weighted by atomic mass is 9.84. The third-order valence-electron chi connectivity index (χ3n) is 8.81. The summed E-state index contributed by atoms with van der Waals surface area (Å²) >= 11 is 1.65. The third-order valence-corrected chi connectivity index (χ3v) is 9.95. The molecule has 0 unspecified atom stereocenters. The van der Waals surface area contributed by atoms with Crippen LogP contribution in [0, 0.1) is 0 Å². The Morgan fingerprint density at radius 2 is 1.21 bits per heavy atom. The van der Waals surface area contributed by atoms with E-state index in [1.807, 2.05) is 0 Å². The minimum Gasteiger partial charge on any atom is -0.389 e. The van der Waals surface area contributed by atoms with Crippen molar-refractivity contribution in [2.45, 2.75) is 156 Å². The van der Waals surface area contributed by atoms with Crippen molar-refractivity contribution in [3.8, 4) is 0 Å². The van der Waals surface area contributed by atoms with Gasteiger partial charge in [0, 0.05) is 24.4 Å². The van der Waals surface area contributed by atoms with Crippen LogP contribution >= 0.6 is 11.8 Å². The van der Waals surface area contributed by atoms with Crippen LogP contribution in [-0.4, -0.2) is 135 Å². The van der Waals surface area contributed by atoms with E-state index < -0.39 is 91.7 Å². The summed E-state index contributed by atoms with van der Waals surface area (Å²) in [5, 5.41) is 53.2. The number of thioether (sulfide) groups is 1. The number of aliphatic hydroxyl groups excluding tert-OH is 5. The molecule has 3 rings (SSSR count). The minimum atomic E-state index is -1.40. The first-order valence-corrected chi connectivity index (χ1v) is 17.0. The smallest absolute Gasteiger partial charge is 0.186 e. The number of rotatable bonds is 16. The van der Waals surface area contributed by atoms with Gasteiger partial charge in [-0.15, -0.1) is 0 Å². The lowest BCUT2D eigenvalue weighted by Crippen LogP contribution is -2.69. The Hall–Kier alpha value is -0.210. The van der Waals surface area contributed by atoms with Crippen LogP contribution in [0.4, 0.5) is 0 Å². The van der Waals surface area contributed by atoms with Gasteiger partial charge in [-0.3, -0.25) is 0 Å². The van der Waals surface area contributed by atoms with Crippen molar-refractivity contribution < 1.29 is 44.5 Å². The number of aliphatic hydroxyl groups is 5. The van der Waals surface area contributed by atoms with E-state index in [4.69, 9.17) is 47.6 Å². The van der Waals surface area contributed by atoms with Gasteiger partial charge < -0.3 is 73.1 Å². The number of nitrogens with two attached hydrogens (primary N) is 5. The fourth-order valence-corrected chi connectivity index (χ4v) is 7.05. The Kier molecular flexibility index (Phi) is 15.8. The second kappa shape index (κ2) is 18.2. The molecule has 254 valence electrons. The predicted molar refractivity (Wildman–Crippen MR) is 163 cm³/mol. The van der Waals surface area contributed by atoms with Crippen LogP contribution in [-0.2, 0) is 18.9 Å². The van der Waals surface area contributed by atoms with Gasteiger partial charge in [0.25, 0.3) is 0 Å². The van der Waals surface area contributed by atoms with Gasteiger partial charge in [-0.2, -0.15) is 11.8 Å². The molecule has 0 amide bonds. The van der Waals surface area contributed by atoms with Crippen molar-refractivity contribution in [2.75, 3.05) is 18.1 Å². The second-order valence-electron chi connectivity index (χ2n) is 12.2. The van der Waals surface area contributed by atoms with Crippen LogP contribution in [0.1, 0.15) is 64.7 Å². The highest BCUT2D eigenvalue weighted by Gasteiger charge is 2.51. The molecule has 0 spiro atoms. The van der Waals surface area contributed by atoms with E-state index in [2.05, 4.69) is 6.92 Å². The maximum Gasteiger partial charge on any atom is 0.186 e. The largest absolute Gasteiger partial charge is 0.389 e. The second-order valence-corrected chi connectivity index (χ2v) is 13.4. The van der Waals surface area contributed by atoms with E-state index in [9.17, 15) is 25.5 Å². The summed E-state index contributed by atoms with van der Waals surface area (Å²) in [6.07, 6.45) is -2.84. The summed E-state index contributed by atoms with van der Waals surface area (Å²) in [5.41, 5.74) is 30.4. The third kappa shape index (κ3) is 9.89. The predicted octanol–water partition coefficient (Wildman–Crippen LogP) is -2.44. The van der Waals surface area contributed by atoms with Gasteiger partial charge in [0.15, 0.2) is 12.6 Å². The molecule has 43 heavy (non-hydrogen) atoms. The lowest BCUT2D eigenvalue weighted by Gasteiger charge is -2.48. The van der Waals surface area contributed by atoms with E-state index in [1.165, 1.54) is 38.5 Å². The van der Waals surface area contributed by atoms with E-state index in [1.54, 1.807) is 11.8 Å². The molecule has 0 bridgehead atoms. The van der Waals surface area contributed by atoms with Crippen LogP contribution in [0.2, 0.25) is 0 Å². The molecule has 3 fully saturated rings. The van der Waals surface area contributed by atoms with Gasteiger partial charge in [-0.1, -0.05) is 51.9 Å². The van der Waals surface area contributed by atoms with Crippen LogP contribution in [0.25, 0.3) is 0 Å². The molecule has 3 aliphatic rings. The van der Waals surface area contributed by atoms with Gasteiger partial charge in [-0.25, -0.2) is 0 Å². The Morgan fingerprint density at radius 3 is 1.81 bits per heavy atom. The quantitative estimate of drug-likeness (QED) is 0.0786. The van der Waals surface area contributed by atoms with E-state index in [0.29, 0.717) is 5.75 Å². The average molecular weight is 640 g/mol.